The van der Waals surface area contributed by atoms with E-state index in [-0.39, 0.29) is 27.7 Å². The fourth-order valence-electron chi connectivity index (χ4n) is 3.14. The van der Waals surface area contributed by atoms with Crippen molar-refractivity contribution in [2.75, 3.05) is 18.4 Å². The summed E-state index contributed by atoms with van der Waals surface area (Å²) < 4.78 is 32.7. The highest BCUT2D eigenvalue weighted by Gasteiger charge is 2.23. The lowest BCUT2D eigenvalue weighted by molar-refractivity contribution is -0.115. The Morgan fingerprint density at radius 3 is 2.47 bits per heavy atom. The molecule has 0 saturated heterocycles. The summed E-state index contributed by atoms with van der Waals surface area (Å²) in [6, 6.07) is 13.0. The highest BCUT2D eigenvalue weighted by atomic mass is 32.2. The molecule has 0 radical (unpaired) electrons. The fourth-order valence-corrected chi connectivity index (χ4v) is 5.33. The Bertz CT molecular complexity index is 1290. The summed E-state index contributed by atoms with van der Waals surface area (Å²) in [5.74, 6) is -0.232. The van der Waals surface area contributed by atoms with Crippen LogP contribution in [0.25, 0.3) is 11.5 Å². The molecule has 3 aromatic rings. The lowest BCUT2D eigenvalue weighted by Crippen LogP contribution is -2.30. The number of aromatic nitrogens is 2. The van der Waals surface area contributed by atoms with E-state index in [1.165, 1.54) is 23.4 Å². The van der Waals surface area contributed by atoms with Gasteiger partial charge in [0, 0.05) is 29.9 Å². The predicted octanol–water partition coefficient (Wildman–Crippen LogP) is 4.09. The van der Waals surface area contributed by atoms with Crippen LogP contribution in [0.2, 0.25) is 0 Å². The summed E-state index contributed by atoms with van der Waals surface area (Å²) in [7, 11) is -3.63. The van der Waals surface area contributed by atoms with E-state index in [2.05, 4.69) is 15.5 Å². The van der Waals surface area contributed by atoms with Crippen LogP contribution in [-0.4, -0.2) is 53.0 Å². The number of nitrogens with zero attached hydrogens (tertiary/aromatic N) is 3. The van der Waals surface area contributed by atoms with Crippen LogP contribution in [-0.2, 0) is 14.8 Å². The maximum absolute atomic E-state index is 12.8. The van der Waals surface area contributed by atoms with E-state index in [1.54, 1.807) is 57.2 Å². The minimum Gasteiger partial charge on any atom is -0.411 e. The normalized spacial score (nSPS) is 12.5. The Kier molecular flexibility index (Phi) is 8.24. The van der Waals surface area contributed by atoms with Crippen molar-refractivity contribution in [2.45, 2.75) is 43.1 Å². The largest absolute Gasteiger partial charge is 0.411 e. The third-order valence-electron chi connectivity index (χ3n) is 5.01. The first-order chi connectivity index (χ1) is 16.1. The second kappa shape index (κ2) is 10.9. The number of rotatable bonds is 10. The van der Waals surface area contributed by atoms with E-state index >= 15 is 0 Å². The average molecular weight is 503 g/mol. The molecule has 11 heteroatoms. The van der Waals surface area contributed by atoms with E-state index < -0.39 is 15.3 Å². The molecule has 0 fully saturated rings. The maximum atomic E-state index is 12.8. The first-order valence-electron chi connectivity index (χ1n) is 10.7. The van der Waals surface area contributed by atoms with Crippen molar-refractivity contribution in [3.8, 4) is 11.5 Å². The molecule has 9 nitrogen and oxygen atoms in total. The Morgan fingerprint density at radius 1 is 1.09 bits per heavy atom. The second-order valence-electron chi connectivity index (χ2n) is 7.38. The van der Waals surface area contributed by atoms with Crippen LogP contribution in [0, 0.1) is 0 Å². The van der Waals surface area contributed by atoms with Crippen LogP contribution in [0.1, 0.15) is 38.1 Å². The third kappa shape index (κ3) is 5.91. The van der Waals surface area contributed by atoms with Gasteiger partial charge in [-0.2, -0.15) is 4.31 Å². The van der Waals surface area contributed by atoms with E-state index in [4.69, 9.17) is 4.42 Å². The van der Waals surface area contributed by atoms with Gasteiger partial charge in [0.2, 0.25) is 21.8 Å². The van der Waals surface area contributed by atoms with Gasteiger partial charge in [0.05, 0.1) is 10.1 Å². The lowest BCUT2D eigenvalue weighted by Gasteiger charge is -2.18. The first-order valence-corrected chi connectivity index (χ1v) is 13.0. The summed E-state index contributed by atoms with van der Waals surface area (Å²) in [4.78, 5) is 24.3. The molecule has 0 saturated carbocycles. The van der Waals surface area contributed by atoms with E-state index in [9.17, 15) is 18.0 Å². The number of carbonyl (C=O) groups excluding carboxylic acids is 2. The number of anilines is 1. The maximum Gasteiger partial charge on any atom is 0.277 e. The van der Waals surface area contributed by atoms with Crippen LogP contribution in [0.4, 0.5) is 5.69 Å². The summed E-state index contributed by atoms with van der Waals surface area (Å²) in [6.45, 7) is 7.44. The van der Waals surface area contributed by atoms with Crippen molar-refractivity contribution in [3.05, 3.63) is 54.1 Å². The number of carbonyl (C=O) groups is 2. The summed E-state index contributed by atoms with van der Waals surface area (Å²) in [5.41, 5.74) is 1.48. The molecule has 0 aliphatic carbocycles. The van der Waals surface area contributed by atoms with Crippen LogP contribution in [0.5, 0.6) is 0 Å². The number of Topliss-reactive ketones (excluding diaryl/α,β-unsaturated/α-hetero) is 1. The molecule has 1 heterocycles. The van der Waals surface area contributed by atoms with Crippen LogP contribution in [0.3, 0.4) is 0 Å². The molecular formula is C23H26N4O5S2. The standard InChI is InChI=1S/C23H26N4O5S2/c1-5-27(6-2)34(30,31)20-12-8-10-18(14-20)22-25-26-23(32-22)33-16(4)21(29)24-19-11-7-9-17(13-19)15(3)28/h7-14,16H,5-6H2,1-4H3,(H,24,29). The zero-order chi connectivity index (χ0) is 24.9. The molecule has 1 unspecified atom stereocenters. The van der Waals surface area contributed by atoms with E-state index in [0.29, 0.717) is 29.9 Å². The minimum absolute atomic E-state index is 0.0918. The molecule has 0 bridgehead atoms. The average Bonchev–Trinajstić information content (AvgIpc) is 3.28. The Labute approximate surface area is 203 Å². The van der Waals surface area contributed by atoms with Gasteiger partial charge in [-0.3, -0.25) is 9.59 Å². The van der Waals surface area contributed by atoms with Crippen molar-refractivity contribution in [2.24, 2.45) is 0 Å². The molecule has 34 heavy (non-hydrogen) atoms. The fraction of sp³-hybridized carbons (Fsp3) is 0.304. The summed E-state index contributed by atoms with van der Waals surface area (Å²) in [6.07, 6.45) is 0. The molecule has 1 atom stereocenters. The summed E-state index contributed by atoms with van der Waals surface area (Å²) >= 11 is 1.07. The SMILES string of the molecule is CCN(CC)S(=O)(=O)c1cccc(-c2nnc(SC(C)C(=O)Nc3cccc(C(C)=O)c3)o2)c1. The van der Waals surface area contributed by atoms with Gasteiger partial charge in [-0.25, -0.2) is 8.42 Å². The molecular weight excluding hydrogens is 476 g/mol. The van der Waals surface area contributed by atoms with Gasteiger partial charge >= 0.3 is 0 Å². The molecule has 0 aliphatic heterocycles. The number of amides is 1. The van der Waals surface area contributed by atoms with Gasteiger partial charge in [0.1, 0.15) is 0 Å². The second-order valence-corrected chi connectivity index (χ2v) is 10.6. The number of nitrogens with one attached hydrogen (secondary N) is 1. The van der Waals surface area contributed by atoms with Gasteiger partial charge in [-0.15, -0.1) is 10.2 Å². The Morgan fingerprint density at radius 2 is 1.79 bits per heavy atom. The van der Waals surface area contributed by atoms with Crippen molar-refractivity contribution < 1.29 is 22.4 Å². The van der Waals surface area contributed by atoms with Gasteiger partial charge in [0.15, 0.2) is 5.78 Å². The summed E-state index contributed by atoms with van der Waals surface area (Å²) in [5, 5.41) is 10.4. The smallest absolute Gasteiger partial charge is 0.277 e. The zero-order valence-electron chi connectivity index (χ0n) is 19.3. The van der Waals surface area contributed by atoms with E-state index in [0.717, 1.165) is 11.8 Å². The number of hydrogen-bond donors (Lipinski definition) is 1. The molecule has 3 rings (SSSR count). The number of thioether (sulfide) groups is 1. The van der Waals surface area contributed by atoms with Crippen LogP contribution in [0.15, 0.2) is 63.1 Å². The molecule has 180 valence electrons. The first kappa shape index (κ1) is 25.6. The van der Waals surface area contributed by atoms with Gasteiger partial charge in [0.25, 0.3) is 5.22 Å². The third-order valence-corrected chi connectivity index (χ3v) is 7.99. The molecule has 0 aliphatic rings. The molecule has 1 aromatic heterocycles. The Hall–Kier alpha value is -3.02. The minimum atomic E-state index is -3.63. The molecule has 1 N–H and O–H groups in total. The van der Waals surface area contributed by atoms with Gasteiger partial charge in [-0.05, 0) is 44.2 Å². The van der Waals surface area contributed by atoms with E-state index in [1.807, 2.05) is 0 Å². The molecule has 0 spiro atoms. The highest BCUT2D eigenvalue weighted by Crippen LogP contribution is 2.28. The van der Waals surface area contributed by atoms with Crippen molar-refractivity contribution in [1.82, 2.24) is 14.5 Å². The number of benzene rings is 2. The molecule has 2 aromatic carbocycles. The molecule has 1 amide bonds. The van der Waals surface area contributed by atoms with Crippen LogP contribution >= 0.6 is 11.8 Å². The van der Waals surface area contributed by atoms with Gasteiger partial charge in [-0.1, -0.05) is 43.8 Å². The topological polar surface area (TPSA) is 122 Å². The lowest BCUT2D eigenvalue weighted by atomic mass is 10.1. The Balaban J connectivity index is 1.71. The van der Waals surface area contributed by atoms with Crippen molar-refractivity contribution in [1.29, 1.82) is 0 Å². The number of hydrogen-bond acceptors (Lipinski definition) is 8. The monoisotopic (exact) mass is 502 g/mol. The van der Waals surface area contributed by atoms with Crippen molar-refractivity contribution in [3.63, 3.8) is 0 Å². The predicted molar refractivity (Wildman–Crippen MR) is 130 cm³/mol. The number of sulfonamides is 1. The highest BCUT2D eigenvalue weighted by molar-refractivity contribution is 8.00. The van der Waals surface area contributed by atoms with Gasteiger partial charge < -0.3 is 9.73 Å². The zero-order valence-corrected chi connectivity index (χ0v) is 20.9. The van der Waals surface area contributed by atoms with Crippen LogP contribution < -0.4 is 5.32 Å². The quantitative estimate of drug-likeness (QED) is 0.325. The number of ketones is 1. The van der Waals surface area contributed by atoms with Crippen molar-refractivity contribution >= 4 is 39.2 Å².